The van der Waals surface area contributed by atoms with Crippen LogP contribution < -0.4 is 15.0 Å². The first-order chi connectivity index (χ1) is 12.8. The van der Waals surface area contributed by atoms with Crippen molar-refractivity contribution in [3.63, 3.8) is 0 Å². The van der Waals surface area contributed by atoms with Gasteiger partial charge < -0.3 is 15.0 Å². The van der Waals surface area contributed by atoms with E-state index in [4.69, 9.17) is 9.72 Å². The van der Waals surface area contributed by atoms with Crippen molar-refractivity contribution in [2.45, 2.75) is 6.54 Å². The van der Waals surface area contributed by atoms with Gasteiger partial charge in [0.2, 0.25) is 5.95 Å². The SMILES string of the molecule is COc1ccc(CN2CC=Cc3cnc(Nc4ccccc4)nc32)cc1. The van der Waals surface area contributed by atoms with Crippen LogP contribution in [0.2, 0.25) is 0 Å². The predicted octanol–water partition coefficient (Wildman–Crippen LogP) is 4.26. The number of methoxy groups -OCH3 is 1. The summed E-state index contributed by atoms with van der Waals surface area (Å²) >= 11 is 0. The third kappa shape index (κ3) is 3.52. The summed E-state index contributed by atoms with van der Waals surface area (Å²) in [6, 6.07) is 18.1. The van der Waals surface area contributed by atoms with E-state index in [0.29, 0.717) is 5.95 Å². The maximum atomic E-state index is 5.23. The van der Waals surface area contributed by atoms with Crippen molar-refractivity contribution in [1.82, 2.24) is 9.97 Å². The van der Waals surface area contributed by atoms with Gasteiger partial charge in [0.05, 0.1) is 7.11 Å². The molecule has 0 saturated heterocycles. The van der Waals surface area contributed by atoms with Crippen molar-refractivity contribution in [1.29, 1.82) is 0 Å². The van der Waals surface area contributed by atoms with Crippen LogP contribution in [0.15, 0.2) is 66.9 Å². The molecule has 1 aromatic heterocycles. The Morgan fingerprint density at radius 3 is 2.65 bits per heavy atom. The van der Waals surface area contributed by atoms with Crippen molar-refractivity contribution in [2.24, 2.45) is 0 Å². The first-order valence-corrected chi connectivity index (χ1v) is 8.55. The molecule has 4 rings (SSSR count). The molecule has 2 aromatic carbocycles. The number of aromatic nitrogens is 2. The van der Waals surface area contributed by atoms with Gasteiger partial charge >= 0.3 is 0 Å². The Bertz CT molecular complexity index is 907. The number of rotatable bonds is 5. The number of ether oxygens (including phenoxy) is 1. The third-order valence-corrected chi connectivity index (χ3v) is 4.28. The third-order valence-electron chi connectivity index (χ3n) is 4.28. The topological polar surface area (TPSA) is 50.3 Å². The molecule has 0 saturated carbocycles. The maximum Gasteiger partial charge on any atom is 0.229 e. The van der Waals surface area contributed by atoms with E-state index >= 15 is 0 Å². The van der Waals surface area contributed by atoms with E-state index in [1.54, 1.807) is 7.11 Å². The van der Waals surface area contributed by atoms with Crippen LogP contribution in [-0.2, 0) is 6.54 Å². The molecule has 5 nitrogen and oxygen atoms in total. The molecule has 0 atom stereocenters. The number of anilines is 3. The summed E-state index contributed by atoms with van der Waals surface area (Å²) in [7, 11) is 1.68. The smallest absolute Gasteiger partial charge is 0.229 e. The van der Waals surface area contributed by atoms with Gasteiger partial charge in [-0.15, -0.1) is 0 Å². The average molecular weight is 344 g/mol. The van der Waals surface area contributed by atoms with Crippen molar-refractivity contribution in [2.75, 3.05) is 23.9 Å². The molecule has 0 amide bonds. The van der Waals surface area contributed by atoms with Crippen molar-refractivity contribution in [3.8, 4) is 5.75 Å². The Kier molecular flexibility index (Phi) is 4.51. The largest absolute Gasteiger partial charge is 0.497 e. The van der Waals surface area contributed by atoms with Gasteiger partial charge in [-0.3, -0.25) is 0 Å². The average Bonchev–Trinajstić information content (AvgIpc) is 2.70. The van der Waals surface area contributed by atoms with Crippen LogP contribution in [0.3, 0.4) is 0 Å². The molecule has 0 unspecified atom stereocenters. The standard InChI is InChI=1S/C21H20N4O/c1-26-19-11-9-16(10-12-19)15-25-13-5-6-17-14-22-21(24-20(17)25)23-18-7-3-2-4-8-18/h2-12,14H,13,15H2,1H3,(H,22,23,24). The Hall–Kier alpha value is -3.34. The van der Waals surface area contributed by atoms with E-state index in [1.807, 2.05) is 48.7 Å². The molecular weight excluding hydrogens is 324 g/mol. The number of fused-ring (bicyclic) bond motifs is 1. The lowest BCUT2D eigenvalue weighted by atomic mass is 10.1. The minimum absolute atomic E-state index is 0.602. The molecule has 3 aromatic rings. The zero-order chi connectivity index (χ0) is 17.8. The molecule has 0 aliphatic carbocycles. The van der Waals surface area contributed by atoms with Crippen LogP contribution in [0.1, 0.15) is 11.1 Å². The summed E-state index contributed by atoms with van der Waals surface area (Å²) in [4.78, 5) is 11.4. The minimum atomic E-state index is 0.602. The Morgan fingerprint density at radius 1 is 1.08 bits per heavy atom. The van der Waals surface area contributed by atoms with Crippen molar-refractivity contribution < 1.29 is 4.74 Å². The molecule has 1 aliphatic heterocycles. The molecule has 0 radical (unpaired) electrons. The summed E-state index contributed by atoms with van der Waals surface area (Å²) in [5.41, 5.74) is 3.21. The summed E-state index contributed by atoms with van der Waals surface area (Å²) in [5.74, 6) is 2.41. The van der Waals surface area contributed by atoms with Gasteiger partial charge in [0.25, 0.3) is 0 Å². The van der Waals surface area contributed by atoms with E-state index in [9.17, 15) is 0 Å². The van der Waals surface area contributed by atoms with Crippen molar-refractivity contribution >= 4 is 23.5 Å². The molecular formula is C21H20N4O. The lowest BCUT2D eigenvalue weighted by Gasteiger charge is -2.27. The molecule has 1 N–H and O–H groups in total. The molecule has 0 bridgehead atoms. The number of hydrogen-bond donors (Lipinski definition) is 1. The highest BCUT2D eigenvalue weighted by molar-refractivity contribution is 5.69. The molecule has 0 fully saturated rings. The van der Waals surface area contributed by atoms with E-state index in [-0.39, 0.29) is 0 Å². The van der Waals surface area contributed by atoms with Gasteiger partial charge in [-0.1, -0.05) is 42.5 Å². The Morgan fingerprint density at radius 2 is 1.88 bits per heavy atom. The maximum absolute atomic E-state index is 5.23. The fraction of sp³-hybridized carbons (Fsp3) is 0.143. The summed E-state index contributed by atoms with van der Waals surface area (Å²) < 4.78 is 5.23. The normalized spacial score (nSPS) is 12.6. The number of para-hydroxylation sites is 1. The lowest BCUT2D eigenvalue weighted by Crippen LogP contribution is -2.27. The zero-order valence-corrected chi connectivity index (χ0v) is 14.6. The predicted molar refractivity (Wildman–Crippen MR) is 105 cm³/mol. The van der Waals surface area contributed by atoms with E-state index in [0.717, 1.165) is 35.9 Å². The van der Waals surface area contributed by atoms with E-state index in [2.05, 4.69) is 39.5 Å². The van der Waals surface area contributed by atoms with Crippen LogP contribution in [0, 0.1) is 0 Å². The Labute approximate surface area is 153 Å². The van der Waals surface area contributed by atoms with Gasteiger partial charge in [0.15, 0.2) is 0 Å². The van der Waals surface area contributed by atoms with Gasteiger partial charge in [0.1, 0.15) is 11.6 Å². The van der Waals surface area contributed by atoms with Crippen LogP contribution in [0.4, 0.5) is 17.5 Å². The quantitative estimate of drug-likeness (QED) is 0.749. The highest BCUT2D eigenvalue weighted by Gasteiger charge is 2.16. The second-order valence-corrected chi connectivity index (χ2v) is 6.09. The van der Waals surface area contributed by atoms with Crippen molar-refractivity contribution in [3.05, 3.63) is 78.0 Å². The monoisotopic (exact) mass is 344 g/mol. The van der Waals surface area contributed by atoms with Gasteiger partial charge in [-0.25, -0.2) is 4.98 Å². The van der Waals surface area contributed by atoms with Gasteiger partial charge in [-0.05, 0) is 29.8 Å². The number of hydrogen-bond acceptors (Lipinski definition) is 5. The second kappa shape index (κ2) is 7.27. The summed E-state index contributed by atoms with van der Waals surface area (Å²) in [6.07, 6.45) is 6.08. The zero-order valence-electron chi connectivity index (χ0n) is 14.6. The first kappa shape index (κ1) is 16.1. The van der Waals surface area contributed by atoms with Crippen LogP contribution in [-0.4, -0.2) is 23.6 Å². The van der Waals surface area contributed by atoms with Crippen LogP contribution in [0.5, 0.6) is 5.75 Å². The fourth-order valence-electron chi connectivity index (χ4n) is 2.95. The van der Waals surface area contributed by atoms with Crippen LogP contribution in [0.25, 0.3) is 6.08 Å². The molecule has 1 aliphatic rings. The Balaban J connectivity index is 1.57. The highest BCUT2D eigenvalue weighted by atomic mass is 16.5. The lowest BCUT2D eigenvalue weighted by molar-refractivity contribution is 0.414. The summed E-state index contributed by atoms with van der Waals surface area (Å²) in [6.45, 7) is 1.60. The molecule has 130 valence electrons. The number of benzene rings is 2. The van der Waals surface area contributed by atoms with Gasteiger partial charge in [0, 0.05) is 30.5 Å². The van der Waals surface area contributed by atoms with E-state index in [1.165, 1.54) is 5.56 Å². The molecule has 0 spiro atoms. The van der Waals surface area contributed by atoms with Gasteiger partial charge in [-0.2, -0.15) is 4.98 Å². The highest BCUT2D eigenvalue weighted by Crippen LogP contribution is 2.27. The molecule has 2 heterocycles. The van der Waals surface area contributed by atoms with Crippen LogP contribution >= 0.6 is 0 Å². The number of nitrogens with one attached hydrogen (secondary N) is 1. The second-order valence-electron chi connectivity index (χ2n) is 6.09. The first-order valence-electron chi connectivity index (χ1n) is 8.55. The summed E-state index contributed by atoms with van der Waals surface area (Å²) in [5, 5.41) is 3.26. The molecule has 5 heteroatoms. The molecule has 26 heavy (non-hydrogen) atoms. The fourth-order valence-corrected chi connectivity index (χ4v) is 2.95. The minimum Gasteiger partial charge on any atom is -0.497 e. The number of nitrogens with zero attached hydrogens (tertiary/aromatic N) is 3. The van der Waals surface area contributed by atoms with E-state index < -0.39 is 0 Å².